The Kier molecular flexibility index (Phi) is 5.34. The van der Waals surface area contributed by atoms with Crippen LogP contribution < -0.4 is 34.7 Å². The fourth-order valence-electron chi connectivity index (χ4n) is 1.25. The van der Waals surface area contributed by atoms with Gasteiger partial charge in [-0.05, 0) is 22.6 Å². The zero-order valence-corrected chi connectivity index (χ0v) is 12.2. The van der Waals surface area contributed by atoms with Crippen LogP contribution in [0.1, 0.15) is 36.7 Å². The summed E-state index contributed by atoms with van der Waals surface area (Å²) in [4.78, 5) is 10.5. The first kappa shape index (κ1) is 15.0. The van der Waals surface area contributed by atoms with Gasteiger partial charge in [0.2, 0.25) is 0 Å². The molecule has 0 heterocycles. The summed E-state index contributed by atoms with van der Waals surface area (Å²) in [5.41, 5.74) is 0.967. The van der Waals surface area contributed by atoms with Crippen LogP contribution in [0.25, 0.3) is 0 Å². The number of carbonyl (C=O) groups excluding carboxylic acids is 1. The van der Waals surface area contributed by atoms with Gasteiger partial charge in [0.1, 0.15) is 0 Å². The molecule has 0 saturated carbocycles. The second kappa shape index (κ2) is 5.35. The zero-order valence-electron chi connectivity index (χ0n) is 9.43. The minimum absolute atomic E-state index is 0. The molecular weight excluding hydrogens is 223 g/mol. The predicted octanol–water partition coefficient (Wildman–Crippen LogP) is -0.995. The van der Waals surface area contributed by atoms with Crippen molar-refractivity contribution in [2.75, 3.05) is 0 Å². The fourth-order valence-corrected chi connectivity index (χ4v) is 1.71. The molecular formula is C11H12ClNaO2. The quantitative estimate of drug-likeness (QED) is 0.585. The average molecular weight is 235 g/mol. The number of rotatable bonds is 1. The van der Waals surface area contributed by atoms with Crippen LogP contribution in [0.3, 0.4) is 0 Å². The van der Waals surface area contributed by atoms with E-state index in [1.807, 2.05) is 20.8 Å². The van der Waals surface area contributed by atoms with Crippen molar-refractivity contribution in [3.63, 3.8) is 0 Å². The Morgan fingerprint density at radius 2 is 1.87 bits per heavy atom. The Balaban J connectivity index is 0.00000196. The average Bonchev–Trinajstić information content (AvgIpc) is 2.01. The molecule has 0 amide bonds. The molecule has 0 bridgehead atoms. The van der Waals surface area contributed by atoms with E-state index in [2.05, 4.69) is 0 Å². The second-order valence-corrected chi connectivity index (χ2v) is 4.64. The van der Waals surface area contributed by atoms with Crippen LogP contribution in [0.4, 0.5) is 0 Å². The number of halogens is 1. The van der Waals surface area contributed by atoms with Crippen LogP contribution in [-0.4, -0.2) is 5.97 Å². The Hall–Kier alpha value is -0.0200. The Bertz CT molecular complexity index is 369. The summed E-state index contributed by atoms with van der Waals surface area (Å²) in [6, 6.07) is 4.67. The third-order valence-electron chi connectivity index (χ3n) is 2.01. The van der Waals surface area contributed by atoms with Gasteiger partial charge in [0.15, 0.2) is 0 Å². The van der Waals surface area contributed by atoms with Gasteiger partial charge in [-0.25, -0.2) is 0 Å². The maximum Gasteiger partial charge on any atom is 1.00 e. The predicted molar refractivity (Wildman–Crippen MR) is 54.5 cm³/mol. The Morgan fingerprint density at radius 3 is 2.20 bits per heavy atom. The molecule has 0 aromatic heterocycles. The topological polar surface area (TPSA) is 40.1 Å². The third-order valence-corrected chi connectivity index (χ3v) is 2.33. The number of hydrogen-bond acceptors (Lipinski definition) is 2. The molecule has 1 aromatic carbocycles. The molecule has 0 aliphatic carbocycles. The van der Waals surface area contributed by atoms with E-state index < -0.39 is 5.97 Å². The third kappa shape index (κ3) is 3.80. The molecule has 0 unspecified atom stereocenters. The van der Waals surface area contributed by atoms with E-state index in [0.717, 1.165) is 5.56 Å². The molecule has 1 rings (SSSR count). The summed E-state index contributed by atoms with van der Waals surface area (Å²) in [5, 5.41) is 11.0. The number of carboxylic acid groups (broad SMARTS) is 1. The van der Waals surface area contributed by atoms with Crippen molar-refractivity contribution in [1.29, 1.82) is 0 Å². The van der Waals surface area contributed by atoms with Crippen LogP contribution in [-0.2, 0) is 5.41 Å². The minimum Gasteiger partial charge on any atom is -0.545 e. The van der Waals surface area contributed by atoms with Crippen LogP contribution in [0.2, 0.25) is 5.02 Å². The first-order valence-corrected chi connectivity index (χ1v) is 4.71. The van der Waals surface area contributed by atoms with Crippen LogP contribution in [0.5, 0.6) is 0 Å². The molecule has 0 N–H and O–H groups in total. The van der Waals surface area contributed by atoms with Gasteiger partial charge in [-0.1, -0.05) is 44.5 Å². The van der Waals surface area contributed by atoms with Crippen molar-refractivity contribution < 1.29 is 39.5 Å². The molecule has 1 aromatic rings. The first-order valence-electron chi connectivity index (χ1n) is 4.34. The van der Waals surface area contributed by atoms with Gasteiger partial charge in [-0.15, -0.1) is 0 Å². The molecule has 4 heteroatoms. The van der Waals surface area contributed by atoms with Gasteiger partial charge in [0.25, 0.3) is 0 Å². The molecule has 15 heavy (non-hydrogen) atoms. The van der Waals surface area contributed by atoms with Gasteiger partial charge < -0.3 is 9.90 Å². The van der Waals surface area contributed by atoms with E-state index in [9.17, 15) is 9.90 Å². The molecule has 0 saturated heterocycles. The van der Waals surface area contributed by atoms with Crippen LogP contribution in [0, 0.1) is 0 Å². The summed E-state index contributed by atoms with van der Waals surface area (Å²) in [5.74, 6) is -1.20. The van der Waals surface area contributed by atoms with Gasteiger partial charge >= 0.3 is 29.6 Å². The number of benzene rings is 1. The van der Waals surface area contributed by atoms with Gasteiger partial charge in [0, 0.05) is 5.02 Å². The number of carbonyl (C=O) groups is 1. The van der Waals surface area contributed by atoms with E-state index >= 15 is 0 Å². The summed E-state index contributed by atoms with van der Waals surface area (Å²) in [7, 11) is 0. The maximum absolute atomic E-state index is 10.5. The van der Waals surface area contributed by atoms with E-state index in [0.29, 0.717) is 5.02 Å². The molecule has 0 fully saturated rings. The largest absolute Gasteiger partial charge is 1.00 e. The number of aromatic carboxylic acids is 1. The van der Waals surface area contributed by atoms with Gasteiger partial charge in [-0.2, -0.15) is 0 Å². The summed E-state index contributed by atoms with van der Waals surface area (Å²) < 4.78 is 0. The minimum atomic E-state index is -1.20. The Morgan fingerprint density at radius 1 is 1.33 bits per heavy atom. The monoisotopic (exact) mass is 234 g/mol. The fraction of sp³-hybridized carbons (Fsp3) is 0.364. The normalized spacial score (nSPS) is 10.7. The first-order chi connectivity index (χ1) is 6.32. The molecule has 0 atom stereocenters. The summed E-state index contributed by atoms with van der Waals surface area (Å²) in [6.07, 6.45) is 0. The van der Waals surface area contributed by atoms with Crippen LogP contribution >= 0.6 is 11.6 Å². The van der Waals surface area contributed by atoms with Gasteiger partial charge in [0.05, 0.1) is 5.97 Å². The van der Waals surface area contributed by atoms with Crippen LogP contribution in [0.15, 0.2) is 18.2 Å². The van der Waals surface area contributed by atoms with Crippen molar-refractivity contribution in [3.05, 3.63) is 34.3 Å². The SMILES string of the molecule is CC(C)(C)c1ccc(C(=O)[O-])cc1Cl.[Na+]. The van der Waals surface area contributed by atoms with E-state index in [1.54, 1.807) is 6.07 Å². The molecule has 76 valence electrons. The second-order valence-electron chi connectivity index (χ2n) is 4.23. The summed E-state index contributed by atoms with van der Waals surface area (Å²) in [6.45, 7) is 6.06. The van der Waals surface area contributed by atoms with Crippen molar-refractivity contribution in [1.82, 2.24) is 0 Å². The molecule has 0 aliphatic heterocycles. The smallest absolute Gasteiger partial charge is 0.545 e. The van der Waals surface area contributed by atoms with Crippen molar-refractivity contribution in [3.8, 4) is 0 Å². The van der Waals surface area contributed by atoms with Crippen molar-refractivity contribution in [2.24, 2.45) is 0 Å². The van der Waals surface area contributed by atoms with E-state index in [1.165, 1.54) is 12.1 Å². The Labute approximate surface area is 117 Å². The van der Waals surface area contributed by atoms with Gasteiger partial charge in [-0.3, -0.25) is 0 Å². The maximum atomic E-state index is 10.5. The van der Waals surface area contributed by atoms with E-state index in [4.69, 9.17) is 11.6 Å². The number of carboxylic acids is 1. The molecule has 2 nitrogen and oxygen atoms in total. The standard InChI is InChI=1S/C11H13ClO2.Na/c1-11(2,3)8-5-4-7(10(13)14)6-9(8)12;/h4-6H,1-3H3,(H,13,14);/q;+1/p-1. The molecule has 0 radical (unpaired) electrons. The molecule has 0 aliphatic rings. The number of hydrogen-bond donors (Lipinski definition) is 0. The zero-order chi connectivity index (χ0) is 10.9. The summed E-state index contributed by atoms with van der Waals surface area (Å²) >= 11 is 5.97. The van der Waals surface area contributed by atoms with Crippen molar-refractivity contribution in [2.45, 2.75) is 26.2 Å². The molecule has 0 spiro atoms. The van der Waals surface area contributed by atoms with Crippen molar-refractivity contribution >= 4 is 17.6 Å². The van der Waals surface area contributed by atoms with E-state index in [-0.39, 0.29) is 40.5 Å².